The van der Waals surface area contributed by atoms with Crippen LogP contribution < -0.4 is 21.3 Å². The summed E-state index contributed by atoms with van der Waals surface area (Å²) in [4.78, 5) is 91.4. The third-order valence-corrected chi connectivity index (χ3v) is 17.7. The van der Waals surface area contributed by atoms with Gasteiger partial charge in [-0.2, -0.15) is 0 Å². The summed E-state index contributed by atoms with van der Waals surface area (Å²) in [5, 5.41) is 12.3. The fourth-order valence-corrected chi connectivity index (χ4v) is 12.6. The molecule has 4 aliphatic rings. The van der Waals surface area contributed by atoms with Crippen molar-refractivity contribution < 1.29 is 28.8 Å². The molecule has 6 amide bonds. The summed E-state index contributed by atoms with van der Waals surface area (Å²) in [6.45, 7) is 7.14. The maximum atomic E-state index is 14.4. The van der Waals surface area contributed by atoms with Crippen LogP contribution in [0, 0.1) is 11.8 Å². The van der Waals surface area contributed by atoms with Gasteiger partial charge in [0.2, 0.25) is 35.4 Å². The quantitative estimate of drug-likeness (QED) is 0.0529. The van der Waals surface area contributed by atoms with E-state index in [4.69, 9.17) is 0 Å². The number of carbonyl (C=O) groups excluding carboxylic acids is 6. The predicted octanol–water partition coefficient (Wildman–Crippen LogP) is 8.75. The largest absolute Gasteiger partial charge is 0.343 e. The average molecular weight is 1070 g/mol. The van der Waals surface area contributed by atoms with Gasteiger partial charge < -0.3 is 40.9 Å². The van der Waals surface area contributed by atoms with Gasteiger partial charge in [0.15, 0.2) is 0 Å². The van der Waals surface area contributed by atoms with Gasteiger partial charge in [0.05, 0.1) is 12.1 Å². The Morgan fingerprint density at radius 3 is 1.22 bits per heavy atom. The van der Waals surface area contributed by atoms with Crippen molar-refractivity contribution in [3.63, 3.8) is 0 Å². The zero-order chi connectivity index (χ0) is 54.8. The molecule has 14 heteroatoms. The summed E-state index contributed by atoms with van der Waals surface area (Å²) in [6, 6.07) is 18.5. The Balaban J connectivity index is 0.974. The maximum Gasteiger partial charge on any atom is 0.245 e. The number of rotatable bonds is 32. The normalized spacial score (nSPS) is 19.8. The van der Waals surface area contributed by atoms with E-state index in [1.54, 1.807) is 14.1 Å². The van der Waals surface area contributed by atoms with Crippen LogP contribution in [0.25, 0.3) is 0 Å². The van der Waals surface area contributed by atoms with Crippen LogP contribution in [-0.2, 0) is 41.6 Å². The Labute approximate surface area is 463 Å². The number of benzene rings is 2. The molecule has 6 rings (SSSR count). The van der Waals surface area contributed by atoms with Gasteiger partial charge in [-0.15, -0.1) is 0 Å². The summed E-state index contributed by atoms with van der Waals surface area (Å²) < 4.78 is 0. The van der Waals surface area contributed by atoms with Crippen LogP contribution >= 0.6 is 0 Å². The minimum absolute atomic E-state index is 0.00359. The molecule has 0 bridgehead atoms. The van der Waals surface area contributed by atoms with Gasteiger partial charge >= 0.3 is 0 Å². The number of nitrogens with one attached hydrogen (secondary N) is 4. The lowest BCUT2D eigenvalue weighted by molar-refractivity contribution is -0.140. The van der Waals surface area contributed by atoms with E-state index in [9.17, 15) is 28.8 Å². The number of unbranched alkanes of at least 4 members (excludes halogenated alkanes) is 6. The van der Waals surface area contributed by atoms with Crippen molar-refractivity contribution >= 4 is 35.4 Å². The lowest BCUT2D eigenvalue weighted by Gasteiger charge is -2.35. The Morgan fingerprint density at radius 1 is 0.494 bits per heavy atom. The van der Waals surface area contributed by atoms with Crippen LogP contribution in [0.5, 0.6) is 0 Å². The second-order valence-corrected chi connectivity index (χ2v) is 23.4. The van der Waals surface area contributed by atoms with Crippen LogP contribution in [0.15, 0.2) is 60.7 Å². The van der Waals surface area contributed by atoms with E-state index in [0.717, 1.165) is 109 Å². The fourth-order valence-electron chi connectivity index (χ4n) is 12.6. The van der Waals surface area contributed by atoms with E-state index in [0.29, 0.717) is 76.8 Å². The van der Waals surface area contributed by atoms with Crippen LogP contribution in [-0.4, -0.2) is 145 Å². The lowest BCUT2D eigenvalue weighted by atomic mass is 9.84. The first-order chi connectivity index (χ1) is 37.4. The van der Waals surface area contributed by atoms with Gasteiger partial charge in [0.1, 0.15) is 12.1 Å². The predicted molar refractivity (Wildman–Crippen MR) is 308 cm³/mol. The van der Waals surface area contributed by atoms with Crippen molar-refractivity contribution in [2.75, 3.05) is 53.4 Å². The highest BCUT2D eigenvalue weighted by atomic mass is 16.2. The highest BCUT2D eigenvalue weighted by molar-refractivity contribution is 5.91. The summed E-state index contributed by atoms with van der Waals surface area (Å²) >= 11 is 0. The third kappa shape index (κ3) is 20.4. The third-order valence-electron chi connectivity index (χ3n) is 17.7. The van der Waals surface area contributed by atoms with Crippen molar-refractivity contribution in [1.82, 2.24) is 40.9 Å². The smallest absolute Gasteiger partial charge is 0.245 e. The molecule has 77 heavy (non-hydrogen) atoms. The Hall–Kier alpha value is -4.82. The van der Waals surface area contributed by atoms with E-state index in [1.807, 2.05) is 69.8 Å². The fraction of sp³-hybridized carbons (Fsp3) is 0.714. The number of amides is 6. The molecule has 2 aromatic carbocycles. The summed E-state index contributed by atoms with van der Waals surface area (Å²) in [6.07, 6.45) is 25.4. The highest BCUT2D eigenvalue weighted by Crippen LogP contribution is 2.31. The minimum atomic E-state index is -0.563. The van der Waals surface area contributed by atoms with E-state index in [1.165, 1.54) is 49.7 Å². The number of hydrogen-bond donors (Lipinski definition) is 4. The van der Waals surface area contributed by atoms with E-state index < -0.39 is 24.2 Å². The molecule has 0 radical (unpaired) electrons. The van der Waals surface area contributed by atoms with Crippen molar-refractivity contribution in [2.45, 2.75) is 223 Å². The SMILES string of the molecule is CN[C@@H](C)C(=O)N[C@@H](CC1CCCCC1)C(=O)N1CCC[C@H]1CN(CCc1ccccc1)C(=O)CCCCCCCCCC(=O)N(CCc1ccccc1)C[C@@H]1CCCN1C(=O)[C@H](CC1CCCCC1)NC(=O)[C@H](C)NC. The topological polar surface area (TPSA) is 163 Å². The molecule has 2 aliphatic carbocycles. The number of likely N-dealkylation sites (N-methyl/N-ethyl adjacent to an activating group) is 2. The molecule has 2 saturated carbocycles. The van der Waals surface area contributed by atoms with Crippen molar-refractivity contribution in [3.05, 3.63) is 71.8 Å². The molecule has 14 nitrogen and oxygen atoms in total. The van der Waals surface area contributed by atoms with Crippen LogP contribution in [0.4, 0.5) is 0 Å². The van der Waals surface area contributed by atoms with E-state index >= 15 is 0 Å². The molecule has 4 fully saturated rings. The van der Waals surface area contributed by atoms with Crippen LogP contribution in [0.3, 0.4) is 0 Å². The van der Waals surface area contributed by atoms with Gasteiger partial charge in [-0.25, -0.2) is 0 Å². The van der Waals surface area contributed by atoms with Crippen molar-refractivity contribution in [3.8, 4) is 0 Å². The summed E-state index contributed by atoms with van der Waals surface area (Å²) in [5.74, 6) is 0.816. The maximum absolute atomic E-state index is 14.4. The minimum Gasteiger partial charge on any atom is -0.343 e. The summed E-state index contributed by atoms with van der Waals surface area (Å²) in [7, 11) is 3.52. The van der Waals surface area contributed by atoms with Gasteiger partial charge in [-0.1, -0.05) is 157 Å². The number of hydrogen-bond acceptors (Lipinski definition) is 8. The highest BCUT2D eigenvalue weighted by Gasteiger charge is 2.39. The molecular formula is C63H100N8O6. The molecular weight excluding hydrogens is 965 g/mol. The molecule has 0 spiro atoms. The molecule has 2 aliphatic heterocycles. The van der Waals surface area contributed by atoms with Gasteiger partial charge in [-0.3, -0.25) is 28.8 Å². The van der Waals surface area contributed by atoms with Gasteiger partial charge in [0.25, 0.3) is 0 Å². The Kier molecular flexibility index (Phi) is 26.8. The lowest BCUT2D eigenvalue weighted by Crippen LogP contribution is -2.55. The first kappa shape index (κ1) is 61.4. The number of carbonyl (C=O) groups is 6. The van der Waals surface area contributed by atoms with Gasteiger partial charge in [0, 0.05) is 64.2 Å². The Morgan fingerprint density at radius 2 is 0.857 bits per heavy atom. The molecule has 428 valence electrons. The van der Waals surface area contributed by atoms with Crippen molar-refractivity contribution in [1.29, 1.82) is 0 Å². The Bertz CT molecular complexity index is 1940. The molecule has 0 aromatic heterocycles. The molecule has 2 saturated heterocycles. The second kappa shape index (κ2) is 33.6. The van der Waals surface area contributed by atoms with Gasteiger partial charge in [-0.05, 0) is 115 Å². The number of nitrogens with zero attached hydrogens (tertiary/aromatic N) is 4. The van der Waals surface area contributed by atoms with E-state index in [2.05, 4.69) is 45.5 Å². The van der Waals surface area contributed by atoms with Crippen molar-refractivity contribution in [2.24, 2.45) is 11.8 Å². The second-order valence-electron chi connectivity index (χ2n) is 23.4. The number of likely N-dealkylation sites (tertiary alicyclic amines) is 2. The molecule has 2 heterocycles. The first-order valence-corrected chi connectivity index (χ1v) is 30.6. The molecule has 0 unspecified atom stereocenters. The standard InChI is InChI=1S/C63H100N8O6/c1-48(64-3)60(74)66-56(44-52-30-18-12-19-31-52)62(76)70-40-24-34-54(70)46-68(42-38-50-26-14-10-15-27-50)58(72)36-22-8-6-5-7-9-23-37-59(73)69(43-39-51-28-16-11-17-29-51)47-55-35-25-41-71(55)63(77)57(67-61(75)49(2)65-4)45-53-32-20-13-21-33-53/h10-11,14-17,26-29,48-49,52-57,64-65H,5-9,12-13,18-25,30-47H2,1-4H3,(H,66,74)(H,67,75)/t48-,49-,54-,55-,56-,57-/m0/s1. The average Bonchev–Trinajstić information content (AvgIpc) is 4.14. The monoisotopic (exact) mass is 1060 g/mol. The molecule has 6 atom stereocenters. The van der Waals surface area contributed by atoms with E-state index in [-0.39, 0.29) is 47.5 Å². The zero-order valence-electron chi connectivity index (χ0n) is 48.0. The molecule has 4 N–H and O–H groups in total. The summed E-state index contributed by atoms with van der Waals surface area (Å²) in [5.41, 5.74) is 2.37. The van der Waals surface area contributed by atoms with Crippen LogP contribution in [0.2, 0.25) is 0 Å². The van der Waals surface area contributed by atoms with Crippen LogP contribution in [0.1, 0.15) is 185 Å². The molecule has 2 aromatic rings. The first-order valence-electron chi connectivity index (χ1n) is 30.6. The zero-order valence-corrected chi connectivity index (χ0v) is 48.0.